The topological polar surface area (TPSA) is 82.2 Å². The van der Waals surface area contributed by atoms with Crippen LogP contribution in [0, 0.1) is 5.53 Å². The fourth-order valence-corrected chi connectivity index (χ4v) is 1.00. The zero-order valence-corrected chi connectivity index (χ0v) is 7.77. The number of nitrogens with two attached hydrogens (primary N) is 1. The Morgan fingerprint density at radius 1 is 1.43 bits per heavy atom. The summed E-state index contributed by atoms with van der Waals surface area (Å²) in [6, 6.07) is 6.76. The summed E-state index contributed by atoms with van der Waals surface area (Å²) in [5.41, 5.74) is 9.80. The summed E-state index contributed by atoms with van der Waals surface area (Å²) in [7, 11) is 1.75. The second kappa shape index (κ2) is 4.98. The van der Waals surface area contributed by atoms with Gasteiger partial charge in [-0.3, -0.25) is 4.79 Å². The van der Waals surface area contributed by atoms with Crippen molar-refractivity contribution in [2.45, 2.75) is 0 Å². The molecule has 5 nitrogen and oxygen atoms in total. The molecule has 0 saturated heterocycles. The molecule has 0 atom stereocenters. The molecule has 0 unspecified atom stereocenters. The zero-order valence-electron chi connectivity index (χ0n) is 7.77. The van der Waals surface area contributed by atoms with Crippen molar-refractivity contribution in [3.63, 3.8) is 0 Å². The van der Waals surface area contributed by atoms with Crippen LogP contribution in [0.3, 0.4) is 0 Å². The van der Waals surface area contributed by atoms with Crippen LogP contribution in [0.1, 0.15) is 15.9 Å². The smallest absolute Gasteiger partial charge is 0.235 e. The summed E-state index contributed by atoms with van der Waals surface area (Å²) in [5.74, 6) is 0.338. The Labute approximate surface area is 81.3 Å². The highest BCUT2D eigenvalue weighted by atomic mass is 16.1. The molecule has 0 fully saturated rings. The minimum atomic E-state index is 0.338. The van der Waals surface area contributed by atoms with Crippen LogP contribution >= 0.6 is 0 Å². The average Bonchev–Trinajstić information content (AvgIpc) is 2.26. The van der Waals surface area contributed by atoms with E-state index in [0.717, 1.165) is 11.8 Å². The number of carbonyl (C=O) groups excluding carboxylic acids is 1. The lowest BCUT2D eigenvalue weighted by molar-refractivity contribution is -0.633. The molecule has 0 bridgehead atoms. The number of carbonyl (C=O) groups is 1. The number of hydrogen-bond acceptors (Lipinski definition) is 3. The quantitative estimate of drug-likeness (QED) is 0.178. The van der Waals surface area contributed by atoms with Crippen LogP contribution in [-0.2, 0) is 0 Å². The largest absolute Gasteiger partial charge is 0.298 e. The molecule has 3 N–H and O–H groups in total. The van der Waals surface area contributed by atoms with E-state index < -0.39 is 0 Å². The molecular weight excluding hydrogens is 180 g/mol. The molecule has 0 aromatic heterocycles. The lowest BCUT2D eigenvalue weighted by Crippen LogP contribution is -2.73. The lowest BCUT2D eigenvalue weighted by atomic mass is 10.1. The molecular formula is C9H11N4O+. The molecule has 0 heterocycles. The number of nitrogens with zero attached hydrogens (tertiary/aromatic N) is 2. The standard InChI is InChI=1S/C9H10N4O/c1-11-13-9(12-10)8-4-2-7(6-14)3-5-8/h2-6,10-11H,1H3/p+1. The molecule has 0 amide bonds. The molecule has 0 aliphatic rings. The maximum atomic E-state index is 10.4. The van der Waals surface area contributed by atoms with E-state index in [1.165, 1.54) is 0 Å². The highest BCUT2D eigenvalue weighted by Crippen LogP contribution is 2.04. The molecule has 5 heteroatoms. The molecule has 0 radical (unpaired) electrons. The molecule has 14 heavy (non-hydrogen) atoms. The molecule has 1 aromatic carbocycles. The summed E-state index contributed by atoms with van der Waals surface area (Å²) in [6.07, 6.45) is 0.768. The Morgan fingerprint density at radius 2 is 2.07 bits per heavy atom. The predicted molar refractivity (Wildman–Crippen MR) is 51.4 cm³/mol. The number of aldehydes is 1. The summed E-state index contributed by atoms with van der Waals surface area (Å²) in [6.45, 7) is 0. The number of amidine groups is 1. The van der Waals surface area contributed by atoms with E-state index in [1.54, 1.807) is 36.7 Å². The summed E-state index contributed by atoms with van der Waals surface area (Å²) in [5, 5.41) is 7.20. The van der Waals surface area contributed by atoms with Crippen LogP contribution in [0.5, 0.6) is 0 Å². The van der Waals surface area contributed by atoms with E-state index in [1.807, 2.05) is 0 Å². The Bertz CT molecular complexity index is 356. The van der Waals surface area contributed by atoms with Gasteiger partial charge in [-0.15, -0.1) is 5.11 Å². The summed E-state index contributed by atoms with van der Waals surface area (Å²) in [4.78, 5) is 10.4. The molecule has 0 spiro atoms. The number of rotatable bonds is 3. The van der Waals surface area contributed by atoms with E-state index in [4.69, 9.17) is 5.53 Å². The normalized spacial score (nSPS) is 11.1. The maximum absolute atomic E-state index is 10.4. The fraction of sp³-hybridized carbons (Fsp3) is 0.111. The van der Waals surface area contributed by atoms with Gasteiger partial charge in [0, 0.05) is 11.1 Å². The van der Waals surface area contributed by atoms with E-state index in [-0.39, 0.29) is 0 Å². The van der Waals surface area contributed by atoms with Gasteiger partial charge in [0.2, 0.25) is 5.84 Å². The third-order valence-corrected chi connectivity index (χ3v) is 1.66. The second-order valence-electron chi connectivity index (χ2n) is 2.56. The van der Waals surface area contributed by atoms with Gasteiger partial charge in [-0.2, -0.15) is 0 Å². The van der Waals surface area contributed by atoms with Gasteiger partial charge in [-0.05, 0) is 0 Å². The number of nitrogens with one attached hydrogen (secondary N) is 1. The SMILES string of the molecule is C[NH2+]N=C(N=N)c1ccc(C=O)cc1. The van der Waals surface area contributed by atoms with Crippen molar-refractivity contribution in [2.75, 3.05) is 7.05 Å². The van der Waals surface area contributed by atoms with Crippen LogP contribution in [0.4, 0.5) is 0 Å². The van der Waals surface area contributed by atoms with Gasteiger partial charge in [0.15, 0.2) is 0 Å². The number of hydrogen-bond donors (Lipinski definition) is 2. The van der Waals surface area contributed by atoms with Crippen molar-refractivity contribution in [2.24, 2.45) is 10.2 Å². The van der Waals surface area contributed by atoms with Crippen molar-refractivity contribution in [1.29, 1.82) is 5.53 Å². The number of benzene rings is 1. The first-order valence-electron chi connectivity index (χ1n) is 4.10. The fourth-order valence-electron chi connectivity index (χ4n) is 1.00. The minimum absolute atomic E-state index is 0.338. The van der Waals surface area contributed by atoms with E-state index >= 15 is 0 Å². The van der Waals surface area contributed by atoms with E-state index in [9.17, 15) is 4.79 Å². The summed E-state index contributed by atoms with van der Waals surface area (Å²) < 4.78 is 0. The second-order valence-corrected chi connectivity index (χ2v) is 2.56. The van der Waals surface area contributed by atoms with Crippen molar-refractivity contribution < 1.29 is 10.2 Å². The van der Waals surface area contributed by atoms with E-state index in [2.05, 4.69) is 10.2 Å². The van der Waals surface area contributed by atoms with Gasteiger partial charge in [0.25, 0.3) is 0 Å². The Hall–Kier alpha value is -1.88. The van der Waals surface area contributed by atoms with Gasteiger partial charge in [0.05, 0.1) is 7.05 Å². The first-order valence-corrected chi connectivity index (χ1v) is 4.10. The first kappa shape index (κ1) is 10.2. The van der Waals surface area contributed by atoms with Crippen LogP contribution in [-0.4, -0.2) is 19.2 Å². The third kappa shape index (κ3) is 2.30. The molecule has 72 valence electrons. The Morgan fingerprint density at radius 3 is 2.50 bits per heavy atom. The highest BCUT2D eigenvalue weighted by molar-refractivity contribution is 5.98. The van der Waals surface area contributed by atoms with Gasteiger partial charge < -0.3 is 0 Å². The van der Waals surface area contributed by atoms with Crippen molar-refractivity contribution >= 4 is 12.1 Å². The Balaban J connectivity index is 3.00. The van der Waals surface area contributed by atoms with Crippen LogP contribution in [0.25, 0.3) is 0 Å². The number of quaternary nitrogens is 1. The van der Waals surface area contributed by atoms with Gasteiger partial charge in [0.1, 0.15) is 6.29 Å². The molecule has 0 saturated carbocycles. The average molecular weight is 191 g/mol. The molecule has 1 rings (SSSR count). The van der Waals surface area contributed by atoms with Gasteiger partial charge in [-0.25, -0.2) is 11.0 Å². The molecule has 1 aromatic rings. The van der Waals surface area contributed by atoms with E-state index in [0.29, 0.717) is 11.4 Å². The molecule has 0 aliphatic heterocycles. The van der Waals surface area contributed by atoms with Crippen molar-refractivity contribution in [3.8, 4) is 0 Å². The van der Waals surface area contributed by atoms with Gasteiger partial charge >= 0.3 is 0 Å². The third-order valence-electron chi connectivity index (χ3n) is 1.66. The maximum Gasteiger partial charge on any atom is 0.235 e. The van der Waals surface area contributed by atoms with Gasteiger partial charge in [-0.1, -0.05) is 29.4 Å². The van der Waals surface area contributed by atoms with Crippen LogP contribution < -0.4 is 5.43 Å². The van der Waals surface area contributed by atoms with Crippen molar-refractivity contribution in [1.82, 2.24) is 0 Å². The van der Waals surface area contributed by atoms with Crippen molar-refractivity contribution in [3.05, 3.63) is 35.4 Å². The lowest BCUT2D eigenvalue weighted by Gasteiger charge is -1.96. The monoisotopic (exact) mass is 191 g/mol. The van der Waals surface area contributed by atoms with Crippen LogP contribution in [0.15, 0.2) is 34.5 Å². The summed E-state index contributed by atoms with van der Waals surface area (Å²) >= 11 is 0. The molecule has 0 aliphatic carbocycles. The highest BCUT2D eigenvalue weighted by Gasteiger charge is 2.02. The predicted octanol–water partition coefficient (Wildman–Crippen LogP) is 0.385. The Kier molecular flexibility index (Phi) is 3.63. The van der Waals surface area contributed by atoms with Crippen LogP contribution in [0.2, 0.25) is 0 Å². The minimum Gasteiger partial charge on any atom is -0.298 e. The first-order chi connectivity index (χ1) is 6.81. The zero-order chi connectivity index (χ0) is 10.4.